The van der Waals surface area contributed by atoms with E-state index in [-0.39, 0.29) is 59.5 Å². The number of nitrogens with two attached hydrogens (primary N) is 1. The Kier molecular flexibility index (Phi) is 19.5. The Morgan fingerprint density at radius 2 is 1.58 bits per heavy atom. The Bertz CT molecular complexity index is 2280. The van der Waals surface area contributed by atoms with Gasteiger partial charge in [-0.05, 0) is 81.2 Å². The molecule has 3 aromatic rings. The van der Waals surface area contributed by atoms with Crippen molar-refractivity contribution < 1.29 is 46.5 Å². The molecule has 2 heterocycles. The third kappa shape index (κ3) is 16.4. The zero-order valence-corrected chi connectivity index (χ0v) is 37.2. The summed E-state index contributed by atoms with van der Waals surface area (Å²) >= 11 is 0. The van der Waals surface area contributed by atoms with Crippen molar-refractivity contribution in [2.75, 3.05) is 25.1 Å². The van der Waals surface area contributed by atoms with E-state index in [0.717, 1.165) is 5.56 Å². The van der Waals surface area contributed by atoms with Crippen LogP contribution >= 0.6 is 0 Å². The summed E-state index contributed by atoms with van der Waals surface area (Å²) in [5.74, 6) is -4.19. The highest BCUT2D eigenvalue weighted by Crippen LogP contribution is 2.18. The lowest BCUT2D eigenvalue weighted by Gasteiger charge is -2.26. The van der Waals surface area contributed by atoms with Crippen LogP contribution in [-0.4, -0.2) is 114 Å². The number of hydrazine groups is 1. The molecule has 1 aliphatic heterocycles. The number of hydrazone groups is 1. The zero-order valence-electron chi connectivity index (χ0n) is 36.4. The maximum atomic E-state index is 13.9. The number of likely N-dealkylation sites (tertiary alicyclic amines) is 1. The van der Waals surface area contributed by atoms with Gasteiger partial charge in [-0.3, -0.25) is 54.4 Å². The second-order valence-electron chi connectivity index (χ2n) is 15.7. The molecule has 0 unspecified atom stereocenters. The van der Waals surface area contributed by atoms with Gasteiger partial charge in [0, 0.05) is 25.2 Å². The molecule has 2 aromatic carbocycles. The molecule has 1 aliphatic rings. The Morgan fingerprint density at radius 1 is 0.877 bits per heavy atom. The first-order valence-electron chi connectivity index (χ1n) is 21.1. The van der Waals surface area contributed by atoms with Crippen molar-refractivity contribution in [1.29, 1.82) is 0 Å². The molecule has 0 bridgehead atoms. The van der Waals surface area contributed by atoms with Crippen LogP contribution < -0.4 is 43.3 Å². The molecule has 1 aromatic heterocycles. The first kappa shape index (κ1) is 50.9. The van der Waals surface area contributed by atoms with Crippen molar-refractivity contribution in [3.05, 3.63) is 89.6 Å². The Morgan fingerprint density at radius 3 is 2.25 bits per heavy atom. The number of aryl methyl sites for hydroxylation is 1. The van der Waals surface area contributed by atoms with E-state index in [1.54, 1.807) is 6.07 Å². The minimum absolute atomic E-state index is 0.0401. The molecule has 22 heteroatoms. The Labute approximate surface area is 377 Å². The van der Waals surface area contributed by atoms with Gasteiger partial charge < -0.3 is 31.9 Å². The number of carbonyl (C=O) groups excluding carboxylic acids is 7. The topological polar surface area (TPSA) is 313 Å². The smallest absolute Gasteiger partial charge is 0.295 e. The van der Waals surface area contributed by atoms with Gasteiger partial charge in [0.1, 0.15) is 34.9 Å². The van der Waals surface area contributed by atoms with Gasteiger partial charge in [-0.2, -0.15) is 13.5 Å². The fourth-order valence-corrected chi connectivity index (χ4v) is 7.54. The van der Waals surface area contributed by atoms with Gasteiger partial charge in [-0.1, -0.05) is 62.4 Å². The summed E-state index contributed by atoms with van der Waals surface area (Å²) in [6, 6.07) is 13.6. The summed E-state index contributed by atoms with van der Waals surface area (Å²) < 4.78 is 32.7. The van der Waals surface area contributed by atoms with Gasteiger partial charge in [0.05, 0.1) is 18.3 Å². The number of hydrogen-bond acceptors (Lipinski definition) is 13. The highest BCUT2D eigenvalue weighted by molar-refractivity contribution is 7.86. The molecule has 350 valence electrons. The molecule has 10 N–H and O–H groups in total. The average Bonchev–Trinajstić information content (AvgIpc) is 3.78. The van der Waals surface area contributed by atoms with Crippen molar-refractivity contribution >= 4 is 63.5 Å². The van der Waals surface area contributed by atoms with Crippen LogP contribution in [0.3, 0.4) is 0 Å². The summed E-state index contributed by atoms with van der Waals surface area (Å²) in [6.45, 7) is 5.17. The van der Waals surface area contributed by atoms with E-state index >= 15 is 0 Å². The molecule has 65 heavy (non-hydrogen) atoms. The van der Waals surface area contributed by atoms with Crippen molar-refractivity contribution in [1.82, 2.24) is 42.0 Å². The van der Waals surface area contributed by atoms with E-state index in [1.165, 1.54) is 54.6 Å². The minimum Gasteiger partial charge on any atom is -0.345 e. The number of rotatable bonds is 22. The number of benzene rings is 2. The highest BCUT2D eigenvalue weighted by Gasteiger charge is 2.35. The predicted molar refractivity (Wildman–Crippen MR) is 239 cm³/mol. The largest absolute Gasteiger partial charge is 0.345 e. The number of hydrogen-bond donors (Lipinski definition) is 9. The Balaban J connectivity index is 1.36. The summed E-state index contributed by atoms with van der Waals surface area (Å²) in [6.07, 6.45) is 4.67. The SMILES string of the molecule is CC(=O)N1CCC[C@H]1C(=O)N[C@@H](CCCN)C(=O)NCC(=O)N[C@@H](CCc1ccccc1)C(=O)N[C@@H](CC(C)C)C(=O)NNC(=O)c1ccc(NN=Cc2ccccc2S(=O)(=O)O)nc1. The van der Waals surface area contributed by atoms with E-state index in [0.29, 0.717) is 32.2 Å². The summed E-state index contributed by atoms with van der Waals surface area (Å²) in [7, 11) is -4.48. The second kappa shape index (κ2) is 24.9. The quantitative estimate of drug-likeness (QED) is 0.0378. The molecular formula is C43H57N11O10S. The van der Waals surface area contributed by atoms with Crippen molar-refractivity contribution in [2.45, 2.75) is 94.8 Å². The van der Waals surface area contributed by atoms with E-state index in [9.17, 15) is 46.5 Å². The van der Waals surface area contributed by atoms with Crippen LogP contribution in [0.25, 0.3) is 0 Å². The number of nitrogens with zero attached hydrogens (tertiary/aromatic N) is 3. The summed E-state index contributed by atoms with van der Waals surface area (Å²) in [5.41, 5.74) is 13.9. The molecular weight excluding hydrogens is 863 g/mol. The van der Waals surface area contributed by atoms with Gasteiger partial charge in [-0.15, -0.1) is 0 Å². The fraction of sp³-hybridized carbons (Fsp3) is 0.419. The van der Waals surface area contributed by atoms with Crippen molar-refractivity contribution in [2.24, 2.45) is 16.8 Å². The van der Waals surface area contributed by atoms with Crippen LogP contribution in [0.2, 0.25) is 0 Å². The van der Waals surface area contributed by atoms with Gasteiger partial charge in [-0.25, -0.2) is 4.98 Å². The number of aromatic nitrogens is 1. The van der Waals surface area contributed by atoms with Gasteiger partial charge in [0.15, 0.2) is 0 Å². The van der Waals surface area contributed by atoms with E-state index in [4.69, 9.17) is 5.73 Å². The first-order chi connectivity index (χ1) is 31.0. The van der Waals surface area contributed by atoms with Crippen LogP contribution in [0.1, 0.15) is 80.8 Å². The van der Waals surface area contributed by atoms with Crippen molar-refractivity contribution in [3.63, 3.8) is 0 Å². The summed E-state index contributed by atoms with van der Waals surface area (Å²) in [4.78, 5) is 97.2. The molecule has 0 radical (unpaired) electrons. The summed E-state index contributed by atoms with van der Waals surface area (Å²) in [5, 5.41) is 14.5. The molecule has 4 rings (SSSR count). The number of anilines is 1. The second-order valence-corrected chi connectivity index (χ2v) is 17.1. The van der Waals surface area contributed by atoms with E-state index in [1.807, 2.05) is 44.2 Å². The van der Waals surface area contributed by atoms with Crippen LogP contribution in [0.4, 0.5) is 5.82 Å². The third-order valence-corrected chi connectivity index (χ3v) is 11.1. The van der Waals surface area contributed by atoms with Crippen molar-refractivity contribution in [3.8, 4) is 0 Å². The maximum absolute atomic E-state index is 13.9. The minimum atomic E-state index is -4.48. The lowest BCUT2D eigenvalue weighted by atomic mass is 10.0. The molecule has 0 spiro atoms. The molecule has 4 atom stereocenters. The predicted octanol–water partition coefficient (Wildman–Crippen LogP) is 0.535. The number of carbonyl (C=O) groups is 7. The number of nitrogens with one attached hydrogen (secondary N) is 7. The molecule has 21 nitrogen and oxygen atoms in total. The molecule has 1 fully saturated rings. The van der Waals surface area contributed by atoms with Gasteiger partial charge in [0.25, 0.3) is 21.9 Å². The highest BCUT2D eigenvalue weighted by atomic mass is 32.2. The monoisotopic (exact) mass is 919 g/mol. The van der Waals surface area contributed by atoms with Gasteiger partial charge >= 0.3 is 0 Å². The standard InChI is InChI=1S/C43H57N11O10S/c1-27(2)23-34(42(60)53-52-39(57)31-18-20-37(45-24-31)51-47-25-30-13-7-8-16-36(30)65(62,63)64)50-41(59)33(19-17-29-11-5-4-6-12-29)48-38(56)26-46-40(58)32(14-9-21-44)49-43(61)35-15-10-22-54(35)28(3)55/h4-8,11-13,16,18,20,24-25,27,32-35H,9-10,14-15,17,19,21-23,26,44H2,1-3H3,(H,45,51)(H,46,58)(H,48,56)(H,49,61)(H,50,59)(H,52,57)(H,53,60)(H,62,63,64)/t32-,33-,34-,35-/m0/s1. The molecule has 7 amide bonds. The number of amides is 7. The lowest BCUT2D eigenvalue weighted by molar-refractivity contribution is -0.138. The molecule has 0 aliphatic carbocycles. The van der Waals surface area contributed by atoms with Crippen LogP contribution in [0, 0.1) is 5.92 Å². The Hall–Kier alpha value is -6.78. The molecule has 1 saturated heterocycles. The zero-order chi connectivity index (χ0) is 47.5. The van der Waals surface area contributed by atoms with Crippen LogP contribution in [0.5, 0.6) is 0 Å². The normalized spacial score (nSPS) is 15.0. The van der Waals surface area contributed by atoms with Crippen LogP contribution in [-0.2, 0) is 45.3 Å². The van der Waals surface area contributed by atoms with E-state index in [2.05, 4.69) is 47.6 Å². The van der Waals surface area contributed by atoms with Crippen LogP contribution in [0.15, 0.2) is 82.9 Å². The fourth-order valence-electron chi connectivity index (χ4n) is 6.87. The average molecular weight is 920 g/mol. The lowest BCUT2D eigenvalue weighted by Crippen LogP contribution is -2.57. The molecule has 0 saturated carbocycles. The van der Waals surface area contributed by atoms with E-state index < -0.39 is 76.3 Å². The maximum Gasteiger partial charge on any atom is 0.295 e. The third-order valence-electron chi connectivity index (χ3n) is 10.2. The first-order valence-corrected chi connectivity index (χ1v) is 22.5. The van der Waals surface area contributed by atoms with Gasteiger partial charge in [0.2, 0.25) is 29.5 Å². The number of pyridine rings is 1.